The van der Waals surface area contributed by atoms with Gasteiger partial charge in [0.25, 0.3) is 5.91 Å². The maximum atomic E-state index is 12.8. The van der Waals surface area contributed by atoms with E-state index in [0.717, 1.165) is 16.9 Å². The van der Waals surface area contributed by atoms with Gasteiger partial charge in [0.1, 0.15) is 10.7 Å². The number of nitrogens with one attached hydrogen (secondary N) is 2. The number of hydrogen-bond donors (Lipinski definition) is 2. The molecule has 1 amide bonds. The second-order valence-corrected chi connectivity index (χ2v) is 7.75. The number of H-pyrrole nitrogens is 1. The molecule has 1 aliphatic heterocycles. The Kier molecular flexibility index (Phi) is 5.47. The lowest BCUT2D eigenvalue weighted by Gasteiger charge is -2.06. The molecule has 160 valence electrons. The van der Waals surface area contributed by atoms with E-state index in [1.165, 1.54) is 6.92 Å². The van der Waals surface area contributed by atoms with Gasteiger partial charge in [0, 0.05) is 5.56 Å². The molecule has 31 heavy (non-hydrogen) atoms. The van der Waals surface area contributed by atoms with Crippen LogP contribution in [0.1, 0.15) is 49.9 Å². The lowest BCUT2D eigenvalue weighted by Crippen LogP contribution is -2.15. The summed E-state index contributed by atoms with van der Waals surface area (Å²) in [7, 11) is 0. The fourth-order valence-electron chi connectivity index (χ4n) is 3.20. The van der Waals surface area contributed by atoms with Gasteiger partial charge in [-0.1, -0.05) is 0 Å². The van der Waals surface area contributed by atoms with Gasteiger partial charge in [0.2, 0.25) is 6.79 Å². The number of fused-ring (bicyclic) bond motifs is 1. The second kappa shape index (κ2) is 8.23. The highest BCUT2D eigenvalue weighted by Gasteiger charge is 2.26. The quantitative estimate of drug-likeness (QED) is 0.441. The number of esters is 1. The van der Waals surface area contributed by atoms with Crippen molar-refractivity contribution in [1.29, 1.82) is 0 Å². The first-order valence-corrected chi connectivity index (χ1v) is 10.3. The van der Waals surface area contributed by atoms with Gasteiger partial charge in [-0.15, -0.1) is 11.3 Å². The number of aromatic nitrogens is 2. The number of carbonyl (C=O) groups excluding carboxylic acids is 3. The molecule has 3 heterocycles. The smallest absolute Gasteiger partial charge is 0.341 e. The van der Waals surface area contributed by atoms with Crippen LogP contribution in [0.3, 0.4) is 0 Å². The van der Waals surface area contributed by atoms with Gasteiger partial charge in [0.15, 0.2) is 17.3 Å². The summed E-state index contributed by atoms with van der Waals surface area (Å²) in [5.41, 5.74) is 2.15. The van der Waals surface area contributed by atoms with Crippen LogP contribution in [0.15, 0.2) is 24.3 Å². The van der Waals surface area contributed by atoms with E-state index in [2.05, 4.69) is 15.5 Å². The number of aromatic amines is 1. The standard InChI is InChI=1S/C21H19N3O6S/c1-4-28-21(27)17-10(2)18(11(3)25)31-20(17)22-19(26)14-8-13(23-24-14)12-5-6-15-16(7-12)30-9-29-15/h5-8H,4,9H2,1-3H3,(H,22,26)(H,23,24). The van der Waals surface area contributed by atoms with E-state index in [4.69, 9.17) is 14.2 Å². The molecule has 9 nitrogen and oxygen atoms in total. The van der Waals surface area contributed by atoms with Crippen LogP contribution >= 0.6 is 11.3 Å². The van der Waals surface area contributed by atoms with Crippen molar-refractivity contribution in [2.75, 3.05) is 18.7 Å². The first-order valence-electron chi connectivity index (χ1n) is 9.47. The Balaban J connectivity index is 1.60. The zero-order chi connectivity index (χ0) is 22.1. The predicted octanol–water partition coefficient (Wildman–Crippen LogP) is 3.81. The van der Waals surface area contributed by atoms with E-state index < -0.39 is 11.9 Å². The molecular formula is C21H19N3O6S. The minimum atomic E-state index is -0.593. The number of hydrogen-bond acceptors (Lipinski definition) is 8. The first kappa shape index (κ1) is 20.6. The molecule has 0 fully saturated rings. The highest BCUT2D eigenvalue weighted by molar-refractivity contribution is 7.18. The number of amides is 1. The van der Waals surface area contributed by atoms with Crippen molar-refractivity contribution in [3.8, 4) is 22.8 Å². The van der Waals surface area contributed by atoms with E-state index >= 15 is 0 Å². The molecule has 0 saturated carbocycles. The van der Waals surface area contributed by atoms with E-state index in [1.54, 1.807) is 32.0 Å². The molecule has 0 radical (unpaired) electrons. The third-order valence-corrected chi connectivity index (χ3v) is 5.97. The van der Waals surface area contributed by atoms with Crippen LogP contribution in [0.25, 0.3) is 11.3 Å². The topological polar surface area (TPSA) is 120 Å². The van der Waals surface area contributed by atoms with E-state index in [9.17, 15) is 14.4 Å². The molecule has 3 aromatic rings. The van der Waals surface area contributed by atoms with Crippen LogP contribution in [-0.4, -0.2) is 41.3 Å². The molecule has 0 atom stereocenters. The Morgan fingerprint density at radius 2 is 2.00 bits per heavy atom. The third-order valence-electron chi connectivity index (χ3n) is 4.66. The summed E-state index contributed by atoms with van der Waals surface area (Å²) in [5, 5.41) is 9.84. The van der Waals surface area contributed by atoms with Crippen molar-refractivity contribution in [3.63, 3.8) is 0 Å². The Morgan fingerprint density at radius 3 is 2.74 bits per heavy atom. The third kappa shape index (κ3) is 3.89. The van der Waals surface area contributed by atoms with Crippen LogP contribution < -0.4 is 14.8 Å². The predicted molar refractivity (Wildman–Crippen MR) is 113 cm³/mol. The van der Waals surface area contributed by atoms with Gasteiger partial charge in [-0.05, 0) is 50.6 Å². The summed E-state index contributed by atoms with van der Waals surface area (Å²) in [6.45, 7) is 5.09. The average molecular weight is 441 g/mol. The molecule has 2 aromatic heterocycles. The largest absolute Gasteiger partial charge is 0.462 e. The SMILES string of the molecule is CCOC(=O)c1c(NC(=O)c2cc(-c3ccc4c(c3)OCO4)n[nH]2)sc(C(C)=O)c1C. The summed E-state index contributed by atoms with van der Waals surface area (Å²) >= 11 is 1.04. The maximum absolute atomic E-state index is 12.8. The number of Topliss-reactive ketones (excluding diaryl/α,β-unsaturated/α-hetero) is 1. The van der Waals surface area contributed by atoms with Crippen LogP contribution in [0.5, 0.6) is 11.5 Å². The number of carbonyl (C=O) groups is 3. The fourth-order valence-corrected chi connectivity index (χ4v) is 4.28. The lowest BCUT2D eigenvalue weighted by molar-refractivity contribution is 0.0527. The summed E-state index contributed by atoms with van der Waals surface area (Å²) in [6.07, 6.45) is 0. The van der Waals surface area contributed by atoms with Crippen LogP contribution in [0.4, 0.5) is 5.00 Å². The Hall–Kier alpha value is -3.66. The van der Waals surface area contributed by atoms with Crippen LogP contribution in [0.2, 0.25) is 0 Å². The second-order valence-electron chi connectivity index (χ2n) is 6.73. The summed E-state index contributed by atoms with van der Waals surface area (Å²) in [6, 6.07) is 6.95. The molecule has 0 unspecified atom stereocenters. The first-order chi connectivity index (χ1) is 14.9. The molecule has 0 aliphatic carbocycles. The highest BCUT2D eigenvalue weighted by Crippen LogP contribution is 2.36. The number of anilines is 1. The minimum Gasteiger partial charge on any atom is -0.462 e. The Bertz CT molecular complexity index is 1200. The normalized spacial score (nSPS) is 12.0. The maximum Gasteiger partial charge on any atom is 0.341 e. The number of rotatable bonds is 6. The highest BCUT2D eigenvalue weighted by atomic mass is 32.1. The molecule has 0 spiro atoms. The molecule has 0 saturated heterocycles. The minimum absolute atomic E-state index is 0.165. The molecule has 1 aromatic carbocycles. The van der Waals surface area contributed by atoms with Crippen molar-refractivity contribution >= 4 is 34.0 Å². The van der Waals surface area contributed by atoms with E-state index in [-0.39, 0.29) is 35.4 Å². The summed E-state index contributed by atoms with van der Waals surface area (Å²) in [4.78, 5) is 37.5. The number of nitrogens with zero attached hydrogens (tertiary/aromatic N) is 1. The van der Waals surface area contributed by atoms with Crippen molar-refractivity contribution in [2.24, 2.45) is 0 Å². The molecule has 2 N–H and O–H groups in total. The van der Waals surface area contributed by atoms with Gasteiger partial charge in [-0.25, -0.2) is 4.79 Å². The van der Waals surface area contributed by atoms with E-state index in [0.29, 0.717) is 27.6 Å². The molecule has 10 heteroatoms. The van der Waals surface area contributed by atoms with Gasteiger partial charge in [-0.3, -0.25) is 14.7 Å². The fraction of sp³-hybridized carbons (Fsp3) is 0.238. The Morgan fingerprint density at radius 1 is 1.23 bits per heavy atom. The zero-order valence-electron chi connectivity index (χ0n) is 17.0. The zero-order valence-corrected chi connectivity index (χ0v) is 17.8. The van der Waals surface area contributed by atoms with Crippen molar-refractivity contribution in [1.82, 2.24) is 10.2 Å². The number of ether oxygens (including phenoxy) is 3. The lowest BCUT2D eigenvalue weighted by atomic mass is 10.1. The molecule has 1 aliphatic rings. The van der Waals surface area contributed by atoms with Gasteiger partial charge in [-0.2, -0.15) is 5.10 Å². The summed E-state index contributed by atoms with van der Waals surface area (Å²) in [5.74, 6) is -0.0271. The van der Waals surface area contributed by atoms with Crippen molar-refractivity contribution in [2.45, 2.75) is 20.8 Å². The monoisotopic (exact) mass is 441 g/mol. The Labute approximate surface area is 181 Å². The van der Waals surface area contributed by atoms with Crippen molar-refractivity contribution in [3.05, 3.63) is 46.0 Å². The number of ketones is 1. The average Bonchev–Trinajstić information content (AvgIpc) is 3.46. The van der Waals surface area contributed by atoms with Crippen molar-refractivity contribution < 1.29 is 28.6 Å². The number of benzene rings is 1. The van der Waals surface area contributed by atoms with E-state index in [1.807, 2.05) is 6.07 Å². The molecule has 4 rings (SSSR count). The van der Waals surface area contributed by atoms with Gasteiger partial charge < -0.3 is 19.5 Å². The van der Waals surface area contributed by atoms with Gasteiger partial charge in [0.05, 0.1) is 22.7 Å². The molecular weight excluding hydrogens is 422 g/mol. The number of thiophene rings is 1. The van der Waals surface area contributed by atoms with Gasteiger partial charge >= 0.3 is 5.97 Å². The van der Waals surface area contributed by atoms with Crippen LogP contribution in [0, 0.1) is 6.92 Å². The summed E-state index contributed by atoms with van der Waals surface area (Å²) < 4.78 is 15.8. The molecule has 0 bridgehead atoms. The van der Waals surface area contributed by atoms with Crippen LogP contribution in [-0.2, 0) is 4.74 Å².